The van der Waals surface area contributed by atoms with Crippen LogP contribution in [-0.2, 0) is 9.47 Å². The Hall–Kier alpha value is -2.62. The van der Waals surface area contributed by atoms with Crippen LogP contribution in [0.4, 0.5) is 0 Å². The van der Waals surface area contributed by atoms with Crippen LogP contribution in [0.5, 0.6) is 0 Å². The lowest BCUT2D eigenvalue weighted by atomic mass is 9.93. The molecule has 2 atom stereocenters. The van der Waals surface area contributed by atoms with E-state index in [9.17, 15) is 0 Å². The molecule has 0 spiro atoms. The molecule has 2 aromatic rings. The molecule has 128 valence electrons. The fourth-order valence-corrected chi connectivity index (χ4v) is 3.21. The molecule has 0 amide bonds. The van der Waals surface area contributed by atoms with Crippen LogP contribution in [0.1, 0.15) is 37.2 Å². The van der Waals surface area contributed by atoms with Gasteiger partial charge in [0.1, 0.15) is 17.6 Å². The van der Waals surface area contributed by atoms with Crippen LogP contribution in [0, 0.1) is 5.41 Å². The zero-order valence-electron chi connectivity index (χ0n) is 14.6. The Kier molecular flexibility index (Phi) is 4.04. The molecule has 2 aromatic carbocycles. The average molecular weight is 334 g/mol. The second-order valence-electron chi connectivity index (χ2n) is 6.95. The largest absolute Gasteiger partial charge is 0.470 e. The summed E-state index contributed by atoms with van der Waals surface area (Å²) in [5.74, 6) is 1.41. The first kappa shape index (κ1) is 15.9. The Morgan fingerprint density at radius 2 is 1.12 bits per heavy atom. The third-order valence-electron chi connectivity index (χ3n) is 4.72. The Labute approximate surface area is 148 Å². The predicted molar refractivity (Wildman–Crippen MR) is 98.9 cm³/mol. The van der Waals surface area contributed by atoms with E-state index in [0.29, 0.717) is 24.9 Å². The van der Waals surface area contributed by atoms with Crippen LogP contribution < -0.4 is 0 Å². The highest BCUT2D eigenvalue weighted by Gasteiger charge is 2.42. The number of rotatable bonds is 4. The second-order valence-corrected chi connectivity index (χ2v) is 6.95. The van der Waals surface area contributed by atoms with Gasteiger partial charge in [-0.05, 0) is 25.0 Å². The topological polar surface area (TPSA) is 43.2 Å². The summed E-state index contributed by atoms with van der Waals surface area (Å²) < 4.78 is 12.3. The third kappa shape index (κ3) is 3.04. The summed E-state index contributed by atoms with van der Waals surface area (Å²) in [5, 5.41) is 0. The Balaban J connectivity index is 1.46. The summed E-state index contributed by atoms with van der Waals surface area (Å²) in [6.45, 7) is 5.40. The van der Waals surface area contributed by atoms with Crippen molar-refractivity contribution in [2.75, 3.05) is 13.1 Å². The van der Waals surface area contributed by atoms with Crippen molar-refractivity contribution in [2.45, 2.75) is 26.1 Å². The monoisotopic (exact) mass is 334 g/mol. The summed E-state index contributed by atoms with van der Waals surface area (Å²) in [6, 6.07) is 20.4. The maximum absolute atomic E-state index is 6.15. The van der Waals surface area contributed by atoms with E-state index in [4.69, 9.17) is 9.47 Å². The lowest BCUT2D eigenvalue weighted by Crippen LogP contribution is -2.34. The molecule has 0 radical (unpaired) electrons. The van der Waals surface area contributed by atoms with Crippen molar-refractivity contribution in [3.05, 3.63) is 71.8 Å². The van der Waals surface area contributed by atoms with Gasteiger partial charge in [-0.3, -0.25) is 9.98 Å². The average Bonchev–Trinajstić information content (AvgIpc) is 3.34. The van der Waals surface area contributed by atoms with Crippen LogP contribution in [-0.4, -0.2) is 24.9 Å². The molecule has 0 aromatic heterocycles. The summed E-state index contributed by atoms with van der Waals surface area (Å²) in [5.41, 5.74) is 1.83. The lowest BCUT2D eigenvalue weighted by molar-refractivity contribution is 0.186. The zero-order valence-corrected chi connectivity index (χ0v) is 14.6. The Morgan fingerprint density at radius 1 is 0.720 bits per heavy atom. The van der Waals surface area contributed by atoms with Gasteiger partial charge < -0.3 is 9.47 Å². The van der Waals surface area contributed by atoms with Crippen LogP contribution >= 0.6 is 0 Å². The molecule has 4 rings (SSSR count). The van der Waals surface area contributed by atoms with Gasteiger partial charge in [0.15, 0.2) is 11.8 Å². The molecular formula is C21H22N2O2. The van der Waals surface area contributed by atoms with Crippen LogP contribution in [0.25, 0.3) is 0 Å². The maximum atomic E-state index is 6.15. The number of aliphatic imine (C=N–C) groups is 2. The minimum atomic E-state index is -0.465. The van der Waals surface area contributed by atoms with Crippen molar-refractivity contribution in [3.63, 3.8) is 0 Å². The number of hydrogen-bond acceptors (Lipinski definition) is 4. The van der Waals surface area contributed by atoms with Gasteiger partial charge in [0.25, 0.3) is 0 Å². The minimum absolute atomic E-state index is 0.0256. The summed E-state index contributed by atoms with van der Waals surface area (Å²) in [7, 11) is 0. The first-order valence-electron chi connectivity index (χ1n) is 8.67. The van der Waals surface area contributed by atoms with Gasteiger partial charge in [-0.25, -0.2) is 0 Å². The minimum Gasteiger partial charge on any atom is -0.470 e. The molecule has 0 saturated heterocycles. The molecular weight excluding hydrogens is 312 g/mol. The van der Waals surface area contributed by atoms with Gasteiger partial charge in [0.05, 0.1) is 13.1 Å². The molecule has 0 fully saturated rings. The number of nitrogens with zero attached hydrogens (tertiary/aromatic N) is 2. The van der Waals surface area contributed by atoms with Crippen molar-refractivity contribution >= 4 is 11.8 Å². The summed E-state index contributed by atoms with van der Waals surface area (Å²) in [4.78, 5) is 9.28. The first-order chi connectivity index (χ1) is 12.1. The maximum Gasteiger partial charge on any atom is 0.199 e. The van der Waals surface area contributed by atoms with E-state index in [1.807, 2.05) is 36.4 Å². The Bertz CT molecular complexity index is 730. The first-order valence-corrected chi connectivity index (χ1v) is 8.67. The van der Waals surface area contributed by atoms with Crippen molar-refractivity contribution in [2.24, 2.45) is 15.4 Å². The van der Waals surface area contributed by atoms with E-state index < -0.39 is 5.41 Å². The smallest absolute Gasteiger partial charge is 0.199 e. The van der Waals surface area contributed by atoms with Crippen molar-refractivity contribution in [3.8, 4) is 0 Å². The van der Waals surface area contributed by atoms with Gasteiger partial charge >= 0.3 is 0 Å². The summed E-state index contributed by atoms with van der Waals surface area (Å²) >= 11 is 0. The van der Waals surface area contributed by atoms with Crippen LogP contribution in [0.3, 0.4) is 0 Å². The Morgan fingerprint density at radius 3 is 1.52 bits per heavy atom. The highest BCUT2D eigenvalue weighted by atomic mass is 16.5. The second kappa shape index (κ2) is 6.36. The quantitative estimate of drug-likeness (QED) is 0.834. The number of ether oxygens (including phenoxy) is 2. The molecule has 2 aliphatic heterocycles. The van der Waals surface area contributed by atoms with Gasteiger partial charge in [-0.15, -0.1) is 0 Å². The normalized spacial score (nSPS) is 22.8. The van der Waals surface area contributed by atoms with E-state index in [2.05, 4.69) is 48.1 Å². The van der Waals surface area contributed by atoms with Gasteiger partial charge in [-0.2, -0.15) is 0 Å². The SMILES string of the molecule is CC(C)(C1=NC[C@@H](c2ccccc2)O1)C1=NC[C@@H](c2ccccc2)O1. The zero-order chi connectivity index (χ0) is 17.3. The van der Waals surface area contributed by atoms with Crippen LogP contribution in [0.15, 0.2) is 70.6 Å². The van der Waals surface area contributed by atoms with Gasteiger partial charge in [0.2, 0.25) is 0 Å². The van der Waals surface area contributed by atoms with E-state index in [-0.39, 0.29) is 12.2 Å². The van der Waals surface area contributed by atoms with Gasteiger partial charge in [-0.1, -0.05) is 60.7 Å². The molecule has 0 bridgehead atoms. The molecule has 2 heterocycles. The van der Waals surface area contributed by atoms with E-state index >= 15 is 0 Å². The molecule has 0 saturated carbocycles. The van der Waals surface area contributed by atoms with Crippen molar-refractivity contribution in [1.82, 2.24) is 0 Å². The highest BCUT2D eigenvalue weighted by Crippen LogP contribution is 2.35. The fourth-order valence-electron chi connectivity index (χ4n) is 3.21. The molecule has 4 heteroatoms. The van der Waals surface area contributed by atoms with Crippen molar-refractivity contribution < 1.29 is 9.47 Å². The number of benzene rings is 2. The van der Waals surface area contributed by atoms with Crippen molar-refractivity contribution in [1.29, 1.82) is 0 Å². The standard InChI is InChI=1S/C21H22N2O2/c1-21(2,19-22-13-17(24-19)15-9-5-3-6-10-15)20-23-14-18(25-20)16-11-7-4-8-12-16/h3-12,17-18H,13-14H2,1-2H3/t17-,18-/m0/s1. The predicted octanol–water partition coefficient (Wildman–Crippen LogP) is 4.35. The fraction of sp³-hybridized carbons (Fsp3) is 0.333. The molecule has 2 aliphatic rings. The number of hydrogen-bond donors (Lipinski definition) is 0. The highest BCUT2D eigenvalue weighted by molar-refractivity contribution is 6.05. The molecule has 0 N–H and O–H groups in total. The van der Waals surface area contributed by atoms with E-state index in [1.54, 1.807) is 0 Å². The van der Waals surface area contributed by atoms with E-state index in [1.165, 1.54) is 0 Å². The molecule has 25 heavy (non-hydrogen) atoms. The lowest BCUT2D eigenvalue weighted by Gasteiger charge is -2.25. The molecule has 0 aliphatic carbocycles. The third-order valence-corrected chi connectivity index (χ3v) is 4.72. The summed E-state index contributed by atoms with van der Waals surface area (Å²) in [6.07, 6.45) is -0.0511. The van der Waals surface area contributed by atoms with E-state index in [0.717, 1.165) is 11.1 Å². The molecule has 4 nitrogen and oxygen atoms in total. The van der Waals surface area contributed by atoms with Gasteiger partial charge in [0, 0.05) is 0 Å². The van der Waals surface area contributed by atoms with Crippen LogP contribution in [0.2, 0.25) is 0 Å². The molecule has 0 unspecified atom stereocenters.